The average Bonchev–Trinajstić information content (AvgIpc) is 3.21. The summed E-state index contributed by atoms with van der Waals surface area (Å²) < 4.78 is 24.8. The zero-order valence-corrected chi connectivity index (χ0v) is 18.3. The number of fused-ring (bicyclic) bond motifs is 1. The quantitative estimate of drug-likeness (QED) is 0.360. The van der Waals surface area contributed by atoms with Crippen LogP contribution >= 0.6 is 23.1 Å². The Bertz CT molecular complexity index is 1230. The number of benzene rings is 2. The molecular weight excluding hydrogens is 437 g/mol. The van der Waals surface area contributed by atoms with E-state index in [1.807, 2.05) is 30.3 Å². The van der Waals surface area contributed by atoms with Crippen molar-refractivity contribution in [1.29, 1.82) is 0 Å². The molecule has 0 aliphatic rings. The highest BCUT2D eigenvalue weighted by Gasteiger charge is 2.12. The van der Waals surface area contributed by atoms with Crippen LogP contribution in [0.25, 0.3) is 10.9 Å². The van der Waals surface area contributed by atoms with E-state index in [1.54, 1.807) is 32.2 Å². The highest BCUT2D eigenvalue weighted by Crippen LogP contribution is 2.41. The Morgan fingerprint density at radius 1 is 1.00 bits per heavy atom. The summed E-state index contributed by atoms with van der Waals surface area (Å²) in [6, 6.07) is 14.7. The van der Waals surface area contributed by atoms with Gasteiger partial charge in [-0.3, -0.25) is 10.3 Å². The van der Waals surface area contributed by atoms with Crippen molar-refractivity contribution < 1.29 is 18.7 Å². The summed E-state index contributed by atoms with van der Waals surface area (Å²) in [6.45, 7) is 0. The van der Waals surface area contributed by atoms with Gasteiger partial charge in [0.1, 0.15) is 5.82 Å². The van der Waals surface area contributed by atoms with Crippen molar-refractivity contribution in [3.8, 4) is 11.5 Å². The molecule has 0 unspecified atom stereocenters. The number of halogens is 1. The Morgan fingerprint density at radius 2 is 1.74 bits per heavy atom. The number of hydrogen-bond donors (Lipinski definition) is 2. The molecule has 0 aliphatic carbocycles. The molecular formula is C22H18FN3O3S2. The number of rotatable bonds is 6. The molecule has 2 amide bonds. The maximum absolute atomic E-state index is 13.0. The summed E-state index contributed by atoms with van der Waals surface area (Å²) in [7, 11) is 3.19. The molecule has 0 radical (unpaired) electrons. The number of thiophene rings is 1. The van der Waals surface area contributed by atoms with Crippen LogP contribution in [-0.4, -0.2) is 25.2 Å². The maximum atomic E-state index is 13.0. The van der Waals surface area contributed by atoms with Gasteiger partial charge in [0.2, 0.25) is 0 Å². The standard InChI is InChI=1S/C22H18FN3O3S2/c1-28-17-11-15-16(12-18(17)29-2)24-10-9-19(15)30-21-8-7-20(31-21)26-22(27)25-14-5-3-13(23)4-6-14/h3-12H,1-2H3,(H2,25,26,27). The van der Waals surface area contributed by atoms with Crippen molar-refractivity contribution in [3.05, 3.63) is 66.6 Å². The van der Waals surface area contributed by atoms with Crippen molar-refractivity contribution in [1.82, 2.24) is 4.98 Å². The van der Waals surface area contributed by atoms with Crippen molar-refractivity contribution in [2.24, 2.45) is 0 Å². The molecule has 0 fully saturated rings. The third-order valence-electron chi connectivity index (χ3n) is 4.34. The number of nitrogens with zero attached hydrogens (tertiary/aromatic N) is 1. The van der Waals surface area contributed by atoms with E-state index < -0.39 is 6.03 Å². The summed E-state index contributed by atoms with van der Waals surface area (Å²) >= 11 is 3.02. The van der Waals surface area contributed by atoms with Crippen molar-refractivity contribution in [2.75, 3.05) is 24.9 Å². The monoisotopic (exact) mass is 455 g/mol. The summed E-state index contributed by atoms with van der Waals surface area (Å²) in [5, 5.41) is 7.11. The van der Waals surface area contributed by atoms with Gasteiger partial charge in [0.05, 0.1) is 28.9 Å². The van der Waals surface area contributed by atoms with Gasteiger partial charge in [0.25, 0.3) is 0 Å². The fourth-order valence-electron chi connectivity index (χ4n) is 2.89. The van der Waals surface area contributed by atoms with Gasteiger partial charge in [0.15, 0.2) is 11.5 Å². The molecule has 2 aromatic carbocycles. The third-order valence-corrected chi connectivity index (χ3v) is 6.55. The zero-order valence-electron chi connectivity index (χ0n) is 16.6. The van der Waals surface area contributed by atoms with E-state index in [4.69, 9.17) is 9.47 Å². The third kappa shape index (κ3) is 4.89. The van der Waals surface area contributed by atoms with E-state index in [0.717, 1.165) is 20.0 Å². The Hall–Kier alpha value is -3.30. The van der Waals surface area contributed by atoms with Crippen LogP contribution in [0.1, 0.15) is 0 Å². The molecule has 0 saturated carbocycles. The van der Waals surface area contributed by atoms with Gasteiger partial charge in [-0.2, -0.15) is 0 Å². The van der Waals surface area contributed by atoms with Gasteiger partial charge in [-0.1, -0.05) is 11.8 Å². The fraction of sp³-hybridized carbons (Fsp3) is 0.0909. The minimum absolute atomic E-state index is 0.356. The van der Waals surface area contributed by atoms with Crippen molar-refractivity contribution >= 4 is 50.7 Å². The molecule has 6 nitrogen and oxygen atoms in total. The van der Waals surface area contributed by atoms with E-state index in [-0.39, 0.29) is 5.82 Å². The highest BCUT2D eigenvalue weighted by molar-refractivity contribution is 8.01. The SMILES string of the molecule is COc1cc2nccc(Sc3ccc(NC(=O)Nc4ccc(F)cc4)s3)c2cc1OC. The van der Waals surface area contributed by atoms with Gasteiger partial charge in [-0.15, -0.1) is 11.3 Å². The van der Waals surface area contributed by atoms with Crippen LogP contribution in [0.4, 0.5) is 19.9 Å². The number of methoxy groups -OCH3 is 2. The number of urea groups is 1. The Kier molecular flexibility index (Phi) is 6.24. The number of aromatic nitrogens is 1. The lowest BCUT2D eigenvalue weighted by Gasteiger charge is -2.10. The summed E-state index contributed by atoms with van der Waals surface area (Å²) in [4.78, 5) is 17.6. The van der Waals surface area contributed by atoms with Crippen molar-refractivity contribution in [2.45, 2.75) is 9.10 Å². The first-order valence-corrected chi connectivity index (χ1v) is 10.8. The second kappa shape index (κ2) is 9.23. The Balaban J connectivity index is 1.49. The lowest BCUT2D eigenvalue weighted by atomic mass is 10.2. The van der Waals surface area contributed by atoms with Gasteiger partial charge >= 0.3 is 6.03 Å². The van der Waals surface area contributed by atoms with Crippen LogP contribution in [0.2, 0.25) is 0 Å². The second-order valence-corrected chi connectivity index (χ2v) is 8.77. The first-order chi connectivity index (χ1) is 15.1. The molecule has 0 saturated heterocycles. The molecule has 2 heterocycles. The number of amides is 2. The van der Waals surface area contributed by atoms with Gasteiger partial charge in [0, 0.05) is 28.2 Å². The molecule has 0 bridgehead atoms. The number of ether oxygens (including phenoxy) is 2. The van der Waals surface area contributed by atoms with Crippen LogP contribution in [0.3, 0.4) is 0 Å². The molecule has 0 aliphatic heterocycles. The minimum Gasteiger partial charge on any atom is -0.493 e. The molecule has 2 N–H and O–H groups in total. The number of carbonyl (C=O) groups excluding carboxylic acids is 1. The van der Waals surface area contributed by atoms with E-state index in [2.05, 4.69) is 15.6 Å². The van der Waals surface area contributed by atoms with Crippen LogP contribution in [-0.2, 0) is 0 Å². The number of anilines is 2. The van der Waals surface area contributed by atoms with E-state index >= 15 is 0 Å². The van der Waals surface area contributed by atoms with Gasteiger partial charge < -0.3 is 14.8 Å². The normalized spacial score (nSPS) is 10.7. The summed E-state index contributed by atoms with van der Waals surface area (Å²) in [5.74, 6) is 0.904. The van der Waals surface area contributed by atoms with E-state index in [0.29, 0.717) is 22.2 Å². The zero-order chi connectivity index (χ0) is 21.8. The van der Waals surface area contributed by atoms with E-state index in [9.17, 15) is 9.18 Å². The van der Waals surface area contributed by atoms with Gasteiger partial charge in [-0.25, -0.2) is 9.18 Å². The number of hydrogen-bond acceptors (Lipinski definition) is 6. The Labute approximate surface area is 186 Å². The molecule has 9 heteroatoms. The largest absolute Gasteiger partial charge is 0.493 e. The molecule has 4 rings (SSSR count). The van der Waals surface area contributed by atoms with Crippen LogP contribution in [0.5, 0.6) is 11.5 Å². The first-order valence-electron chi connectivity index (χ1n) is 9.17. The lowest BCUT2D eigenvalue weighted by molar-refractivity contribution is 0.262. The molecule has 0 spiro atoms. The number of carbonyl (C=O) groups is 1. The van der Waals surface area contributed by atoms with E-state index in [1.165, 1.54) is 35.6 Å². The predicted octanol–water partition coefficient (Wildman–Crippen LogP) is 6.25. The second-order valence-electron chi connectivity index (χ2n) is 6.34. The fourth-order valence-corrected chi connectivity index (χ4v) is 4.99. The Morgan fingerprint density at radius 3 is 2.48 bits per heavy atom. The molecule has 158 valence electrons. The number of pyridine rings is 1. The van der Waals surface area contributed by atoms with Crippen LogP contribution < -0.4 is 20.1 Å². The van der Waals surface area contributed by atoms with Crippen molar-refractivity contribution in [3.63, 3.8) is 0 Å². The maximum Gasteiger partial charge on any atom is 0.324 e. The summed E-state index contributed by atoms with van der Waals surface area (Å²) in [5.41, 5.74) is 1.31. The highest BCUT2D eigenvalue weighted by atomic mass is 32.2. The van der Waals surface area contributed by atoms with Crippen LogP contribution in [0, 0.1) is 5.82 Å². The van der Waals surface area contributed by atoms with Crippen LogP contribution in [0.15, 0.2) is 69.9 Å². The molecule has 4 aromatic rings. The summed E-state index contributed by atoms with van der Waals surface area (Å²) in [6.07, 6.45) is 1.75. The number of nitrogens with one attached hydrogen (secondary N) is 2. The topological polar surface area (TPSA) is 72.5 Å². The average molecular weight is 456 g/mol. The molecule has 0 atom stereocenters. The minimum atomic E-state index is -0.392. The lowest BCUT2D eigenvalue weighted by Crippen LogP contribution is -2.18. The predicted molar refractivity (Wildman–Crippen MR) is 122 cm³/mol. The van der Waals surface area contributed by atoms with Gasteiger partial charge in [-0.05, 0) is 48.5 Å². The first kappa shape index (κ1) is 21.0. The smallest absolute Gasteiger partial charge is 0.324 e. The molecule has 2 aromatic heterocycles. The molecule has 31 heavy (non-hydrogen) atoms.